The van der Waals surface area contributed by atoms with E-state index in [4.69, 9.17) is 25.2 Å². The molecule has 0 fully saturated rings. The number of carbonyl (C=O) groups excluding carboxylic acids is 1. The van der Waals surface area contributed by atoms with E-state index in [1.807, 2.05) is 37.3 Å². The van der Waals surface area contributed by atoms with E-state index in [9.17, 15) is 4.79 Å². The van der Waals surface area contributed by atoms with E-state index in [0.717, 1.165) is 22.8 Å². The molecule has 0 bridgehead atoms. The summed E-state index contributed by atoms with van der Waals surface area (Å²) in [5.74, 6) is 2.67. The van der Waals surface area contributed by atoms with Crippen molar-refractivity contribution in [1.82, 2.24) is 0 Å². The molecule has 5 nitrogen and oxygen atoms in total. The fourth-order valence-corrected chi connectivity index (χ4v) is 3.38. The summed E-state index contributed by atoms with van der Waals surface area (Å²) < 4.78 is 16.2. The number of esters is 1. The smallest absolute Gasteiger partial charge is 0.317 e. The van der Waals surface area contributed by atoms with Crippen LogP contribution in [-0.4, -0.2) is 5.97 Å². The molecule has 0 saturated heterocycles. The first kappa shape index (κ1) is 18.5. The van der Waals surface area contributed by atoms with Crippen molar-refractivity contribution < 1.29 is 18.4 Å². The Balaban J connectivity index is 1.74. The molecular weight excluding hydrogens is 374 g/mol. The van der Waals surface area contributed by atoms with Crippen LogP contribution in [0.3, 0.4) is 0 Å². The van der Waals surface area contributed by atoms with Crippen LogP contribution < -0.4 is 10.1 Å². The van der Waals surface area contributed by atoms with E-state index >= 15 is 0 Å². The van der Waals surface area contributed by atoms with Crippen LogP contribution in [0.25, 0.3) is 0 Å². The normalized spacial score (nSPS) is 10.7. The van der Waals surface area contributed by atoms with Gasteiger partial charge in [-0.2, -0.15) is 0 Å². The van der Waals surface area contributed by atoms with Gasteiger partial charge in [-0.3, -0.25) is 4.79 Å². The first-order valence-electron chi connectivity index (χ1n) is 7.95. The fraction of sp³-hybridized carbons (Fsp3) is 0.211. The van der Waals surface area contributed by atoms with Gasteiger partial charge >= 0.3 is 11.9 Å². The largest absolute Gasteiger partial charge is 0.468 e. The maximum absolute atomic E-state index is 11.4. The number of carbonyl (C=O) groups is 1. The molecule has 0 unspecified atom stereocenters. The maximum atomic E-state index is 11.4. The lowest BCUT2D eigenvalue weighted by molar-refractivity contribution is -0.133. The van der Waals surface area contributed by atoms with E-state index in [2.05, 4.69) is 5.32 Å². The molecule has 26 heavy (non-hydrogen) atoms. The predicted molar refractivity (Wildman–Crippen MR) is 103 cm³/mol. The molecule has 2 heterocycles. The van der Waals surface area contributed by atoms with Gasteiger partial charge in [-0.15, -0.1) is 11.8 Å². The number of halogens is 1. The van der Waals surface area contributed by atoms with E-state index in [1.165, 1.54) is 6.92 Å². The van der Waals surface area contributed by atoms with Crippen molar-refractivity contribution in [3.05, 3.63) is 64.8 Å². The van der Waals surface area contributed by atoms with E-state index in [0.29, 0.717) is 22.2 Å². The summed E-state index contributed by atoms with van der Waals surface area (Å²) in [6.45, 7) is 3.28. The molecule has 3 aromatic rings. The number of furan rings is 2. The SMILES string of the molecule is CC(=O)Oc1oc(CSCc2ccco2)cc1Nc1ccc(Cl)cc1C. The minimum atomic E-state index is -0.440. The van der Waals surface area contributed by atoms with Gasteiger partial charge in [0, 0.05) is 23.7 Å². The Kier molecular flexibility index (Phi) is 5.96. The minimum Gasteiger partial charge on any atom is -0.468 e. The lowest BCUT2D eigenvalue weighted by Gasteiger charge is -2.09. The minimum absolute atomic E-state index is 0.153. The van der Waals surface area contributed by atoms with Gasteiger partial charge in [0.15, 0.2) is 0 Å². The van der Waals surface area contributed by atoms with Crippen LogP contribution in [0.15, 0.2) is 51.5 Å². The molecule has 3 rings (SSSR count). The molecule has 0 atom stereocenters. The molecule has 0 radical (unpaired) electrons. The molecule has 2 aromatic heterocycles. The molecular formula is C19H18ClNO4S. The molecule has 1 N–H and O–H groups in total. The Labute approximate surface area is 160 Å². The molecule has 0 aliphatic rings. The number of rotatable bonds is 7. The van der Waals surface area contributed by atoms with Crippen LogP contribution in [0, 0.1) is 6.92 Å². The highest BCUT2D eigenvalue weighted by Gasteiger charge is 2.16. The third-order valence-electron chi connectivity index (χ3n) is 3.51. The Hall–Kier alpha value is -2.31. The molecule has 0 spiro atoms. The summed E-state index contributed by atoms with van der Waals surface area (Å²) in [4.78, 5) is 11.4. The second-order valence-corrected chi connectivity index (χ2v) is 7.09. The zero-order valence-corrected chi connectivity index (χ0v) is 15.9. The Bertz CT molecular complexity index is 889. The first-order chi connectivity index (χ1) is 12.5. The third-order valence-corrected chi connectivity index (χ3v) is 4.72. The topological polar surface area (TPSA) is 64.6 Å². The lowest BCUT2D eigenvalue weighted by Crippen LogP contribution is -2.02. The summed E-state index contributed by atoms with van der Waals surface area (Å²) in [5, 5.41) is 3.90. The molecule has 1 aromatic carbocycles. The third kappa shape index (κ3) is 4.86. The van der Waals surface area contributed by atoms with Crippen molar-refractivity contribution in [1.29, 1.82) is 0 Å². The maximum Gasteiger partial charge on any atom is 0.317 e. The van der Waals surface area contributed by atoms with Crippen LogP contribution in [0.5, 0.6) is 5.95 Å². The van der Waals surface area contributed by atoms with Crippen LogP contribution in [0.4, 0.5) is 11.4 Å². The van der Waals surface area contributed by atoms with Crippen molar-refractivity contribution in [2.75, 3.05) is 5.32 Å². The average molecular weight is 392 g/mol. The average Bonchev–Trinajstić information content (AvgIpc) is 3.20. The van der Waals surface area contributed by atoms with E-state index < -0.39 is 5.97 Å². The number of aryl methyl sites for hydroxylation is 1. The van der Waals surface area contributed by atoms with Crippen LogP contribution in [-0.2, 0) is 16.3 Å². The highest BCUT2D eigenvalue weighted by Crippen LogP contribution is 2.35. The highest BCUT2D eigenvalue weighted by molar-refractivity contribution is 7.97. The summed E-state index contributed by atoms with van der Waals surface area (Å²) in [6, 6.07) is 11.1. The molecule has 0 saturated carbocycles. The van der Waals surface area contributed by atoms with Gasteiger partial charge in [-0.1, -0.05) is 11.6 Å². The molecule has 7 heteroatoms. The summed E-state index contributed by atoms with van der Waals surface area (Å²) in [7, 11) is 0. The molecule has 0 aliphatic heterocycles. The number of anilines is 2. The highest BCUT2D eigenvalue weighted by atomic mass is 35.5. The quantitative estimate of drug-likeness (QED) is 0.503. The van der Waals surface area contributed by atoms with Gasteiger partial charge in [0.1, 0.15) is 17.2 Å². The Morgan fingerprint density at radius 1 is 1.19 bits per heavy atom. The van der Waals surface area contributed by atoms with Gasteiger partial charge in [-0.25, -0.2) is 0 Å². The summed E-state index contributed by atoms with van der Waals surface area (Å²) in [6.07, 6.45) is 1.65. The van der Waals surface area contributed by atoms with Gasteiger partial charge in [0.05, 0.1) is 17.8 Å². The molecule has 136 valence electrons. The van der Waals surface area contributed by atoms with Crippen molar-refractivity contribution in [2.45, 2.75) is 25.4 Å². The second-order valence-electron chi connectivity index (χ2n) is 5.66. The van der Waals surface area contributed by atoms with E-state index in [-0.39, 0.29) is 5.95 Å². The Morgan fingerprint density at radius 2 is 2.00 bits per heavy atom. The summed E-state index contributed by atoms with van der Waals surface area (Å²) in [5.41, 5.74) is 2.43. The second kappa shape index (κ2) is 8.38. The molecule has 0 aliphatic carbocycles. The van der Waals surface area contributed by atoms with Gasteiger partial charge in [0.25, 0.3) is 0 Å². The number of benzene rings is 1. The van der Waals surface area contributed by atoms with Crippen molar-refractivity contribution >= 4 is 40.7 Å². The zero-order chi connectivity index (χ0) is 18.5. The fourth-order valence-electron chi connectivity index (χ4n) is 2.35. The Morgan fingerprint density at radius 3 is 2.69 bits per heavy atom. The number of nitrogens with one attached hydrogen (secondary N) is 1. The first-order valence-corrected chi connectivity index (χ1v) is 9.49. The summed E-state index contributed by atoms with van der Waals surface area (Å²) >= 11 is 7.64. The van der Waals surface area contributed by atoms with Gasteiger partial charge in [-0.05, 0) is 42.8 Å². The van der Waals surface area contributed by atoms with Gasteiger partial charge < -0.3 is 18.9 Å². The van der Waals surface area contributed by atoms with Crippen molar-refractivity contribution in [3.8, 4) is 5.95 Å². The number of hydrogen-bond donors (Lipinski definition) is 1. The number of hydrogen-bond acceptors (Lipinski definition) is 6. The van der Waals surface area contributed by atoms with Gasteiger partial charge in [0.2, 0.25) is 0 Å². The van der Waals surface area contributed by atoms with Crippen LogP contribution in [0.1, 0.15) is 24.0 Å². The number of ether oxygens (including phenoxy) is 1. The standard InChI is InChI=1S/C19H18ClNO4S/c1-12-8-14(20)5-6-17(12)21-18-9-16(25-19(18)24-13(2)22)11-26-10-15-4-3-7-23-15/h3-9,21H,10-11H2,1-2H3. The zero-order valence-electron chi connectivity index (χ0n) is 14.4. The number of thioether (sulfide) groups is 1. The predicted octanol–water partition coefficient (Wildman–Crippen LogP) is 5.94. The lowest BCUT2D eigenvalue weighted by atomic mass is 10.2. The molecule has 0 amide bonds. The monoisotopic (exact) mass is 391 g/mol. The van der Waals surface area contributed by atoms with Crippen LogP contribution in [0.2, 0.25) is 5.02 Å². The van der Waals surface area contributed by atoms with Crippen LogP contribution >= 0.6 is 23.4 Å². The van der Waals surface area contributed by atoms with E-state index in [1.54, 1.807) is 24.1 Å². The van der Waals surface area contributed by atoms with Crippen molar-refractivity contribution in [2.24, 2.45) is 0 Å². The van der Waals surface area contributed by atoms with Crippen molar-refractivity contribution in [3.63, 3.8) is 0 Å².